The lowest BCUT2D eigenvalue weighted by molar-refractivity contribution is -0.145. The van der Waals surface area contributed by atoms with Crippen LogP contribution in [0.15, 0.2) is 17.7 Å². The Kier molecular flexibility index (Phi) is 4.98. The van der Waals surface area contributed by atoms with Crippen molar-refractivity contribution in [2.75, 3.05) is 20.2 Å². The Morgan fingerprint density at radius 2 is 2.33 bits per heavy atom. The molecule has 0 unspecified atom stereocenters. The lowest BCUT2D eigenvalue weighted by atomic mass is 10.3. The molecule has 2 rings (SSSR count). The van der Waals surface area contributed by atoms with Crippen LogP contribution in [0.2, 0.25) is 5.15 Å². The molecule has 0 bridgehead atoms. The molecule has 1 amide bonds. The summed E-state index contributed by atoms with van der Waals surface area (Å²) in [6.45, 7) is 2.12. The number of esters is 1. The molecule has 0 aromatic carbocycles. The molecule has 2 aromatic rings. The van der Waals surface area contributed by atoms with Crippen molar-refractivity contribution < 1.29 is 14.3 Å². The Labute approximate surface area is 130 Å². The van der Waals surface area contributed by atoms with Crippen LogP contribution in [0.4, 0.5) is 0 Å². The summed E-state index contributed by atoms with van der Waals surface area (Å²) in [6, 6.07) is 0. The minimum absolute atomic E-state index is 0.0792. The standard InChI is InChI=1S/C13H14ClN3O3S/c1-3-16(8-11(19)20-2)10(18)5-4-9-12(14)15-13-17(9)6-7-21-13/h4-7H,3,8H2,1-2H3. The monoisotopic (exact) mass is 327 g/mol. The Balaban J connectivity index is 2.15. The fourth-order valence-electron chi connectivity index (χ4n) is 1.75. The first-order chi connectivity index (χ1) is 10.1. The number of nitrogens with zero attached hydrogens (tertiary/aromatic N) is 3. The van der Waals surface area contributed by atoms with Crippen molar-refractivity contribution in [3.05, 3.63) is 28.5 Å². The minimum Gasteiger partial charge on any atom is -0.468 e. The number of aromatic nitrogens is 2. The largest absolute Gasteiger partial charge is 0.468 e. The maximum absolute atomic E-state index is 12.1. The first-order valence-electron chi connectivity index (χ1n) is 6.21. The number of carbonyl (C=O) groups excluding carboxylic acids is 2. The molecular weight excluding hydrogens is 314 g/mol. The molecule has 0 atom stereocenters. The molecule has 2 heterocycles. The van der Waals surface area contributed by atoms with Crippen LogP contribution < -0.4 is 0 Å². The predicted molar refractivity (Wildman–Crippen MR) is 81.4 cm³/mol. The number of hydrogen-bond acceptors (Lipinski definition) is 5. The minimum atomic E-state index is -0.457. The molecule has 0 fully saturated rings. The third-order valence-electron chi connectivity index (χ3n) is 2.88. The number of rotatable bonds is 5. The van der Waals surface area contributed by atoms with Crippen molar-refractivity contribution >= 4 is 45.9 Å². The number of methoxy groups -OCH3 is 1. The van der Waals surface area contributed by atoms with Gasteiger partial charge in [0.2, 0.25) is 5.91 Å². The van der Waals surface area contributed by atoms with Gasteiger partial charge in [-0.15, -0.1) is 11.3 Å². The Bertz CT molecular complexity index is 692. The van der Waals surface area contributed by atoms with Crippen LogP contribution in [0.1, 0.15) is 12.6 Å². The molecule has 21 heavy (non-hydrogen) atoms. The topological polar surface area (TPSA) is 63.9 Å². The molecule has 0 spiro atoms. The molecule has 0 saturated heterocycles. The van der Waals surface area contributed by atoms with Gasteiger partial charge in [0.1, 0.15) is 6.54 Å². The zero-order chi connectivity index (χ0) is 15.4. The zero-order valence-corrected chi connectivity index (χ0v) is 13.1. The molecule has 0 aliphatic carbocycles. The first kappa shape index (κ1) is 15.5. The third-order valence-corrected chi connectivity index (χ3v) is 3.91. The maximum Gasteiger partial charge on any atom is 0.325 e. The maximum atomic E-state index is 12.1. The summed E-state index contributed by atoms with van der Waals surface area (Å²) in [6.07, 6.45) is 4.80. The van der Waals surface area contributed by atoms with Gasteiger partial charge in [-0.3, -0.25) is 14.0 Å². The molecule has 0 N–H and O–H groups in total. The molecule has 0 saturated carbocycles. The van der Waals surface area contributed by atoms with E-state index in [0.29, 0.717) is 17.4 Å². The van der Waals surface area contributed by atoms with Crippen molar-refractivity contribution in [3.8, 4) is 0 Å². The van der Waals surface area contributed by atoms with Crippen molar-refractivity contribution in [1.29, 1.82) is 0 Å². The van der Waals surface area contributed by atoms with E-state index in [4.69, 9.17) is 11.6 Å². The summed E-state index contributed by atoms with van der Waals surface area (Å²) in [7, 11) is 1.29. The van der Waals surface area contributed by atoms with Gasteiger partial charge in [0.25, 0.3) is 0 Å². The normalized spacial score (nSPS) is 11.2. The van der Waals surface area contributed by atoms with Crippen molar-refractivity contribution in [2.45, 2.75) is 6.92 Å². The smallest absolute Gasteiger partial charge is 0.325 e. The fraction of sp³-hybridized carbons (Fsp3) is 0.308. The summed E-state index contributed by atoms with van der Waals surface area (Å²) in [5.41, 5.74) is 0.635. The van der Waals surface area contributed by atoms with Crippen LogP contribution in [0.5, 0.6) is 0 Å². The van der Waals surface area contributed by atoms with Crippen LogP contribution in [0, 0.1) is 0 Å². The van der Waals surface area contributed by atoms with Gasteiger partial charge in [-0.05, 0) is 13.0 Å². The number of likely N-dealkylation sites (N-methyl/N-ethyl adjacent to an activating group) is 1. The SMILES string of the molecule is CCN(CC(=O)OC)C(=O)C=Cc1c(Cl)nc2sccn12. The highest BCUT2D eigenvalue weighted by Crippen LogP contribution is 2.22. The van der Waals surface area contributed by atoms with E-state index in [0.717, 1.165) is 4.96 Å². The van der Waals surface area contributed by atoms with Gasteiger partial charge in [0, 0.05) is 24.2 Å². The zero-order valence-electron chi connectivity index (χ0n) is 11.6. The van der Waals surface area contributed by atoms with Crippen molar-refractivity contribution in [1.82, 2.24) is 14.3 Å². The van der Waals surface area contributed by atoms with Gasteiger partial charge in [0.15, 0.2) is 10.1 Å². The van der Waals surface area contributed by atoms with Gasteiger partial charge in [-0.2, -0.15) is 0 Å². The number of thiazole rings is 1. The summed E-state index contributed by atoms with van der Waals surface area (Å²) in [4.78, 5) is 29.6. The van der Waals surface area contributed by atoms with E-state index in [-0.39, 0.29) is 12.5 Å². The van der Waals surface area contributed by atoms with Crippen molar-refractivity contribution in [2.24, 2.45) is 0 Å². The van der Waals surface area contributed by atoms with Gasteiger partial charge in [-0.1, -0.05) is 11.6 Å². The number of carbonyl (C=O) groups is 2. The highest BCUT2D eigenvalue weighted by Gasteiger charge is 2.14. The fourth-order valence-corrected chi connectivity index (χ4v) is 2.75. The van der Waals surface area contributed by atoms with Crippen molar-refractivity contribution in [3.63, 3.8) is 0 Å². The van der Waals surface area contributed by atoms with Crippen LogP contribution in [-0.2, 0) is 14.3 Å². The van der Waals surface area contributed by atoms with Gasteiger partial charge < -0.3 is 9.64 Å². The second kappa shape index (κ2) is 6.73. The van der Waals surface area contributed by atoms with Gasteiger partial charge >= 0.3 is 5.97 Å². The Morgan fingerprint density at radius 1 is 1.57 bits per heavy atom. The van der Waals surface area contributed by atoms with E-state index >= 15 is 0 Å². The Hall–Kier alpha value is -1.86. The number of amides is 1. The number of halogens is 1. The van der Waals surface area contributed by atoms with E-state index in [1.807, 2.05) is 11.6 Å². The number of hydrogen-bond donors (Lipinski definition) is 0. The number of fused-ring (bicyclic) bond motifs is 1. The van der Waals surface area contributed by atoms with Gasteiger partial charge in [0.05, 0.1) is 12.8 Å². The second-order valence-corrected chi connectivity index (χ2v) is 5.34. The average molecular weight is 328 g/mol. The molecular formula is C13H14ClN3O3S. The van der Waals surface area contributed by atoms with E-state index in [1.54, 1.807) is 17.4 Å². The summed E-state index contributed by atoms with van der Waals surface area (Å²) in [5, 5.41) is 2.22. The molecule has 6 nitrogen and oxygen atoms in total. The van der Waals surface area contributed by atoms with Crippen LogP contribution in [0.3, 0.4) is 0 Å². The van der Waals surface area contributed by atoms with E-state index in [9.17, 15) is 9.59 Å². The second-order valence-electron chi connectivity index (χ2n) is 4.11. The molecule has 112 valence electrons. The van der Waals surface area contributed by atoms with E-state index in [1.165, 1.54) is 29.4 Å². The quantitative estimate of drug-likeness (QED) is 0.623. The average Bonchev–Trinajstić information content (AvgIpc) is 3.02. The van der Waals surface area contributed by atoms with Crippen LogP contribution in [-0.4, -0.2) is 46.4 Å². The lowest BCUT2D eigenvalue weighted by Gasteiger charge is -2.17. The van der Waals surface area contributed by atoms with E-state index < -0.39 is 5.97 Å². The molecule has 0 aliphatic rings. The third kappa shape index (κ3) is 3.43. The molecule has 0 radical (unpaired) electrons. The van der Waals surface area contributed by atoms with Gasteiger partial charge in [-0.25, -0.2) is 4.98 Å². The summed E-state index contributed by atoms with van der Waals surface area (Å²) in [5.74, 6) is -0.745. The number of ether oxygens (including phenoxy) is 1. The lowest BCUT2D eigenvalue weighted by Crippen LogP contribution is -2.34. The summed E-state index contributed by atoms with van der Waals surface area (Å²) >= 11 is 7.49. The molecule has 2 aromatic heterocycles. The van der Waals surface area contributed by atoms with E-state index in [2.05, 4.69) is 9.72 Å². The Morgan fingerprint density at radius 3 is 3.00 bits per heavy atom. The van der Waals surface area contributed by atoms with Crippen LogP contribution >= 0.6 is 22.9 Å². The molecule has 0 aliphatic heterocycles. The highest BCUT2D eigenvalue weighted by molar-refractivity contribution is 7.15. The number of imidazole rings is 1. The first-order valence-corrected chi connectivity index (χ1v) is 7.47. The highest BCUT2D eigenvalue weighted by atomic mass is 35.5. The van der Waals surface area contributed by atoms with Crippen LogP contribution in [0.25, 0.3) is 11.0 Å². The summed E-state index contributed by atoms with van der Waals surface area (Å²) < 4.78 is 6.36. The predicted octanol–water partition coefficient (Wildman–Crippen LogP) is 2.08. The molecule has 8 heteroatoms.